The maximum absolute atomic E-state index is 5.76. The van der Waals surface area contributed by atoms with Crippen molar-refractivity contribution in [2.24, 2.45) is 5.92 Å². The summed E-state index contributed by atoms with van der Waals surface area (Å²) in [4.78, 5) is 1.36. The predicted molar refractivity (Wildman–Crippen MR) is 87.6 cm³/mol. The van der Waals surface area contributed by atoms with Crippen molar-refractivity contribution in [3.63, 3.8) is 0 Å². The van der Waals surface area contributed by atoms with Gasteiger partial charge in [0.2, 0.25) is 0 Å². The Morgan fingerprint density at radius 2 is 1.90 bits per heavy atom. The molecule has 2 aromatic rings. The molecular weight excluding hydrogens is 282 g/mol. The van der Waals surface area contributed by atoms with Gasteiger partial charge >= 0.3 is 0 Å². The molecule has 1 N–H and O–H groups in total. The second-order valence-corrected chi connectivity index (χ2v) is 6.57. The van der Waals surface area contributed by atoms with Crippen LogP contribution in [0.2, 0.25) is 0 Å². The van der Waals surface area contributed by atoms with Crippen molar-refractivity contribution in [3.8, 4) is 11.5 Å². The van der Waals surface area contributed by atoms with Gasteiger partial charge in [0.25, 0.3) is 0 Å². The molecule has 1 aromatic carbocycles. The molecule has 0 saturated carbocycles. The first-order valence-corrected chi connectivity index (χ1v) is 8.31. The highest BCUT2D eigenvalue weighted by Crippen LogP contribution is 2.35. The zero-order valence-electron chi connectivity index (χ0n) is 12.5. The standard InChI is InChI=1S/C17H21NO2S/c1-12(2)17(16-5-3-10-21-16)18-13-6-7-14-15(11-13)20-9-4-8-19-14/h3,5-7,10-12,17-18H,4,8-9H2,1-2H3. The number of rotatable bonds is 4. The molecule has 1 aliphatic rings. The van der Waals surface area contributed by atoms with Crippen molar-refractivity contribution in [1.29, 1.82) is 0 Å². The number of ether oxygens (including phenoxy) is 2. The number of fused-ring (bicyclic) bond motifs is 1. The van der Waals surface area contributed by atoms with Crippen molar-refractivity contribution in [1.82, 2.24) is 0 Å². The van der Waals surface area contributed by atoms with Gasteiger partial charge in [0.05, 0.1) is 19.3 Å². The molecule has 0 amide bonds. The molecule has 21 heavy (non-hydrogen) atoms. The Bertz CT molecular complexity index is 580. The summed E-state index contributed by atoms with van der Waals surface area (Å²) in [6.45, 7) is 5.92. The third-order valence-corrected chi connectivity index (χ3v) is 4.54. The van der Waals surface area contributed by atoms with E-state index in [-0.39, 0.29) is 0 Å². The van der Waals surface area contributed by atoms with Gasteiger partial charge in [0.1, 0.15) is 0 Å². The molecule has 1 unspecified atom stereocenters. The molecule has 112 valence electrons. The van der Waals surface area contributed by atoms with Crippen molar-refractivity contribution >= 4 is 17.0 Å². The van der Waals surface area contributed by atoms with Gasteiger partial charge in [-0.05, 0) is 29.5 Å². The molecule has 0 fully saturated rings. The predicted octanol–water partition coefficient (Wildman–Crippen LogP) is 4.72. The lowest BCUT2D eigenvalue weighted by atomic mass is 10.0. The number of nitrogens with one attached hydrogen (secondary N) is 1. The summed E-state index contributed by atoms with van der Waals surface area (Å²) in [6, 6.07) is 10.7. The molecule has 2 heterocycles. The van der Waals surface area contributed by atoms with Crippen LogP contribution in [0.1, 0.15) is 31.2 Å². The highest BCUT2D eigenvalue weighted by molar-refractivity contribution is 7.10. The van der Waals surface area contributed by atoms with E-state index >= 15 is 0 Å². The number of hydrogen-bond donors (Lipinski definition) is 1. The molecule has 0 bridgehead atoms. The maximum atomic E-state index is 5.76. The van der Waals surface area contributed by atoms with Crippen LogP contribution >= 0.6 is 11.3 Å². The minimum atomic E-state index is 0.315. The summed E-state index contributed by atoms with van der Waals surface area (Å²) in [5.74, 6) is 2.20. The summed E-state index contributed by atoms with van der Waals surface area (Å²) in [6.07, 6.45) is 0.932. The van der Waals surface area contributed by atoms with E-state index in [1.165, 1.54) is 4.88 Å². The topological polar surface area (TPSA) is 30.5 Å². The lowest BCUT2D eigenvalue weighted by molar-refractivity contribution is 0.297. The molecule has 1 aromatic heterocycles. The fourth-order valence-corrected chi connectivity index (χ4v) is 3.42. The zero-order valence-corrected chi connectivity index (χ0v) is 13.3. The highest BCUT2D eigenvalue weighted by atomic mass is 32.1. The van der Waals surface area contributed by atoms with Gasteiger partial charge in [-0.3, -0.25) is 0 Å². The fourth-order valence-electron chi connectivity index (χ4n) is 2.47. The van der Waals surface area contributed by atoms with Gasteiger partial charge < -0.3 is 14.8 Å². The number of thiophene rings is 1. The van der Waals surface area contributed by atoms with E-state index < -0.39 is 0 Å². The lowest BCUT2D eigenvalue weighted by Crippen LogP contribution is -2.15. The van der Waals surface area contributed by atoms with Crippen LogP contribution in [0, 0.1) is 5.92 Å². The monoisotopic (exact) mass is 303 g/mol. The second kappa shape index (κ2) is 6.39. The van der Waals surface area contributed by atoms with Crippen LogP contribution in [0.4, 0.5) is 5.69 Å². The van der Waals surface area contributed by atoms with Gasteiger partial charge in [0, 0.05) is 23.1 Å². The largest absolute Gasteiger partial charge is 0.490 e. The summed E-state index contributed by atoms with van der Waals surface area (Å²) in [7, 11) is 0. The number of hydrogen-bond acceptors (Lipinski definition) is 4. The van der Waals surface area contributed by atoms with Crippen molar-refractivity contribution in [2.45, 2.75) is 26.3 Å². The Labute approximate surface area is 129 Å². The minimum Gasteiger partial charge on any atom is -0.490 e. The molecular formula is C17H21NO2S. The van der Waals surface area contributed by atoms with E-state index in [0.717, 1.165) is 36.8 Å². The average molecular weight is 303 g/mol. The van der Waals surface area contributed by atoms with Crippen LogP contribution in [0.3, 0.4) is 0 Å². The van der Waals surface area contributed by atoms with Crippen LogP contribution in [-0.2, 0) is 0 Å². The second-order valence-electron chi connectivity index (χ2n) is 5.59. The molecule has 3 nitrogen and oxygen atoms in total. The Balaban J connectivity index is 1.82. The fraction of sp³-hybridized carbons (Fsp3) is 0.412. The quantitative estimate of drug-likeness (QED) is 0.886. The third-order valence-electron chi connectivity index (χ3n) is 3.59. The van der Waals surface area contributed by atoms with Crippen molar-refractivity contribution < 1.29 is 9.47 Å². The van der Waals surface area contributed by atoms with E-state index in [0.29, 0.717) is 12.0 Å². The van der Waals surface area contributed by atoms with E-state index in [1.807, 2.05) is 12.1 Å². The third kappa shape index (κ3) is 3.32. The molecule has 4 heteroatoms. The first-order chi connectivity index (χ1) is 10.2. The summed E-state index contributed by atoms with van der Waals surface area (Å²) < 4.78 is 11.4. The molecule has 0 radical (unpaired) electrons. The van der Waals surface area contributed by atoms with E-state index in [4.69, 9.17) is 9.47 Å². The summed E-state index contributed by atoms with van der Waals surface area (Å²) >= 11 is 1.79. The minimum absolute atomic E-state index is 0.315. The maximum Gasteiger partial charge on any atom is 0.163 e. The van der Waals surface area contributed by atoms with Crippen LogP contribution in [0.5, 0.6) is 11.5 Å². The Morgan fingerprint density at radius 3 is 2.62 bits per heavy atom. The Morgan fingerprint density at radius 1 is 1.10 bits per heavy atom. The van der Waals surface area contributed by atoms with Crippen LogP contribution in [0.15, 0.2) is 35.7 Å². The SMILES string of the molecule is CC(C)C(Nc1ccc2c(c1)OCCCO2)c1cccs1. The molecule has 0 aliphatic carbocycles. The smallest absolute Gasteiger partial charge is 0.163 e. The average Bonchev–Trinajstić information content (AvgIpc) is 2.89. The summed E-state index contributed by atoms with van der Waals surface area (Å²) in [5, 5.41) is 5.75. The van der Waals surface area contributed by atoms with Crippen LogP contribution in [0.25, 0.3) is 0 Å². The summed E-state index contributed by atoms with van der Waals surface area (Å²) in [5.41, 5.74) is 1.08. The molecule has 3 rings (SSSR count). The normalized spacial score (nSPS) is 15.6. The Hall–Kier alpha value is -1.68. The van der Waals surface area contributed by atoms with E-state index in [9.17, 15) is 0 Å². The van der Waals surface area contributed by atoms with Gasteiger partial charge in [-0.15, -0.1) is 11.3 Å². The van der Waals surface area contributed by atoms with Crippen LogP contribution < -0.4 is 14.8 Å². The van der Waals surface area contributed by atoms with Crippen LogP contribution in [-0.4, -0.2) is 13.2 Å². The van der Waals surface area contributed by atoms with Gasteiger partial charge in [0.15, 0.2) is 11.5 Å². The molecule has 1 atom stereocenters. The van der Waals surface area contributed by atoms with Crippen molar-refractivity contribution in [3.05, 3.63) is 40.6 Å². The highest BCUT2D eigenvalue weighted by Gasteiger charge is 2.18. The Kier molecular flexibility index (Phi) is 4.34. The number of benzene rings is 1. The van der Waals surface area contributed by atoms with Gasteiger partial charge in [-0.2, -0.15) is 0 Å². The molecule has 1 aliphatic heterocycles. The molecule has 0 saturated heterocycles. The van der Waals surface area contributed by atoms with E-state index in [1.54, 1.807) is 11.3 Å². The van der Waals surface area contributed by atoms with Gasteiger partial charge in [-0.1, -0.05) is 19.9 Å². The van der Waals surface area contributed by atoms with E-state index in [2.05, 4.69) is 42.7 Å². The van der Waals surface area contributed by atoms with Crippen molar-refractivity contribution in [2.75, 3.05) is 18.5 Å². The first-order valence-electron chi connectivity index (χ1n) is 7.43. The molecule has 0 spiro atoms. The lowest BCUT2D eigenvalue weighted by Gasteiger charge is -2.23. The van der Waals surface area contributed by atoms with Gasteiger partial charge in [-0.25, -0.2) is 0 Å². The number of anilines is 1. The zero-order chi connectivity index (χ0) is 14.7. The first kappa shape index (κ1) is 14.3.